The number of rotatable bonds is 4. The van der Waals surface area contributed by atoms with E-state index in [1.54, 1.807) is 0 Å². The number of hydrogen-bond donors (Lipinski definition) is 2. The third kappa shape index (κ3) is 3.49. The van der Waals surface area contributed by atoms with Gasteiger partial charge in [-0.1, -0.05) is 24.3 Å². The Morgan fingerprint density at radius 1 is 1.19 bits per heavy atom. The highest BCUT2D eigenvalue weighted by Gasteiger charge is 2.43. The number of nitrogens with one attached hydrogen (secondary N) is 2. The van der Waals surface area contributed by atoms with Crippen LogP contribution >= 0.6 is 0 Å². The summed E-state index contributed by atoms with van der Waals surface area (Å²) in [7, 11) is 0. The van der Waals surface area contributed by atoms with Crippen molar-refractivity contribution in [2.24, 2.45) is 5.92 Å². The predicted octanol–water partition coefficient (Wildman–Crippen LogP) is 3.53. The molecule has 1 amide bonds. The molecule has 1 aromatic heterocycles. The number of aromatic nitrogens is 2. The average molecular weight is 352 g/mol. The van der Waals surface area contributed by atoms with Crippen LogP contribution in [0.5, 0.6) is 0 Å². The minimum absolute atomic E-state index is 0.261. The highest BCUT2D eigenvalue weighted by molar-refractivity contribution is 5.70. The molecule has 2 aromatic rings. The summed E-state index contributed by atoms with van der Waals surface area (Å²) >= 11 is 0. The van der Waals surface area contributed by atoms with E-state index in [9.17, 15) is 4.79 Å². The normalized spacial score (nSPS) is 25.0. The summed E-state index contributed by atoms with van der Waals surface area (Å²) in [5.74, 6) is 1.37. The number of amides is 1. The number of benzene rings is 1. The third-order valence-electron chi connectivity index (χ3n) is 5.54. The van der Waals surface area contributed by atoms with E-state index in [0.29, 0.717) is 12.5 Å². The molecule has 2 N–H and O–H groups in total. The van der Waals surface area contributed by atoms with Crippen LogP contribution in [0.1, 0.15) is 31.2 Å². The van der Waals surface area contributed by atoms with Gasteiger partial charge >= 0.3 is 6.09 Å². The van der Waals surface area contributed by atoms with Crippen molar-refractivity contribution in [1.82, 2.24) is 15.5 Å². The Morgan fingerprint density at radius 2 is 2.00 bits per heavy atom. The zero-order chi connectivity index (χ0) is 18.0. The first-order valence-electron chi connectivity index (χ1n) is 9.24. The molecular weight excluding hydrogens is 328 g/mol. The maximum Gasteiger partial charge on any atom is 0.407 e. The first-order valence-corrected chi connectivity index (χ1v) is 9.24. The SMILES string of the molecule is Cc1ccccc1-c1ccc(NCC2CCC3(CC2)CNC(=O)O3)nn1. The second-order valence-electron chi connectivity index (χ2n) is 7.37. The summed E-state index contributed by atoms with van der Waals surface area (Å²) in [6.45, 7) is 3.60. The van der Waals surface area contributed by atoms with E-state index in [0.717, 1.165) is 49.3 Å². The molecule has 1 spiro atoms. The van der Waals surface area contributed by atoms with E-state index < -0.39 is 0 Å². The van der Waals surface area contributed by atoms with Gasteiger partial charge in [-0.05, 0) is 56.2 Å². The van der Waals surface area contributed by atoms with Gasteiger partial charge in [0, 0.05) is 12.1 Å². The Morgan fingerprint density at radius 3 is 2.65 bits per heavy atom. The predicted molar refractivity (Wildman–Crippen MR) is 99.9 cm³/mol. The van der Waals surface area contributed by atoms with Crippen LogP contribution in [-0.2, 0) is 4.74 Å². The molecule has 0 radical (unpaired) electrons. The van der Waals surface area contributed by atoms with E-state index in [2.05, 4.69) is 39.9 Å². The van der Waals surface area contributed by atoms with Gasteiger partial charge in [0.15, 0.2) is 0 Å². The van der Waals surface area contributed by atoms with Gasteiger partial charge in [0.1, 0.15) is 11.4 Å². The highest BCUT2D eigenvalue weighted by Crippen LogP contribution is 2.36. The van der Waals surface area contributed by atoms with Crippen LogP contribution in [0, 0.1) is 12.8 Å². The van der Waals surface area contributed by atoms with E-state index in [1.165, 1.54) is 5.56 Å². The lowest BCUT2D eigenvalue weighted by Crippen LogP contribution is -2.39. The molecule has 136 valence electrons. The minimum Gasteiger partial charge on any atom is -0.441 e. The number of anilines is 1. The largest absolute Gasteiger partial charge is 0.441 e. The van der Waals surface area contributed by atoms with E-state index in [4.69, 9.17) is 4.74 Å². The minimum atomic E-state index is -0.273. The number of alkyl carbamates (subject to hydrolysis) is 1. The smallest absolute Gasteiger partial charge is 0.407 e. The molecule has 2 aliphatic rings. The summed E-state index contributed by atoms with van der Waals surface area (Å²) < 4.78 is 5.47. The Balaban J connectivity index is 1.30. The van der Waals surface area contributed by atoms with Crippen LogP contribution in [0.4, 0.5) is 10.6 Å². The van der Waals surface area contributed by atoms with Gasteiger partial charge in [-0.2, -0.15) is 0 Å². The van der Waals surface area contributed by atoms with Crippen LogP contribution in [-0.4, -0.2) is 35.0 Å². The molecule has 2 fully saturated rings. The molecule has 6 nitrogen and oxygen atoms in total. The first kappa shape index (κ1) is 16.8. The van der Waals surface area contributed by atoms with Gasteiger partial charge in [0.05, 0.1) is 12.2 Å². The molecule has 0 bridgehead atoms. The molecule has 2 heterocycles. The molecule has 6 heteroatoms. The molecule has 1 aliphatic carbocycles. The molecule has 0 atom stereocenters. The lowest BCUT2D eigenvalue weighted by molar-refractivity contribution is 0.0148. The number of carbonyl (C=O) groups excluding carboxylic acids is 1. The summed E-state index contributed by atoms with van der Waals surface area (Å²) in [5, 5.41) is 14.9. The van der Waals surface area contributed by atoms with Crippen LogP contribution in [0.25, 0.3) is 11.3 Å². The third-order valence-corrected chi connectivity index (χ3v) is 5.54. The van der Waals surface area contributed by atoms with E-state index >= 15 is 0 Å². The van der Waals surface area contributed by atoms with Crippen molar-refractivity contribution >= 4 is 11.9 Å². The first-order chi connectivity index (χ1) is 12.6. The van der Waals surface area contributed by atoms with Crippen molar-refractivity contribution < 1.29 is 9.53 Å². The average Bonchev–Trinajstić information content (AvgIpc) is 3.03. The fourth-order valence-electron chi connectivity index (χ4n) is 3.87. The molecule has 1 aromatic carbocycles. The number of ether oxygens (including phenoxy) is 1. The quantitative estimate of drug-likeness (QED) is 0.880. The van der Waals surface area contributed by atoms with E-state index in [1.807, 2.05) is 24.3 Å². The Bertz CT molecular complexity index is 783. The van der Waals surface area contributed by atoms with E-state index in [-0.39, 0.29) is 11.7 Å². The Hall–Kier alpha value is -2.63. The van der Waals surface area contributed by atoms with Gasteiger partial charge in [-0.25, -0.2) is 4.79 Å². The number of hydrogen-bond acceptors (Lipinski definition) is 5. The summed E-state index contributed by atoms with van der Waals surface area (Å²) in [4.78, 5) is 11.3. The second kappa shape index (κ2) is 6.94. The second-order valence-corrected chi connectivity index (χ2v) is 7.37. The van der Waals surface area contributed by atoms with Crippen LogP contribution < -0.4 is 10.6 Å². The van der Waals surface area contributed by atoms with Crippen molar-refractivity contribution in [2.75, 3.05) is 18.4 Å². The zero-order valence-corrected chi connectivity index (χ0v) is 15.0. The van der Waals surface area contributed by atoms with Gasteiger partial charge in [0.25, 0.3) is 0 Å². The topological polar surface area (TPSA) is 76.1 Å². The number of aryl methyl sites for hydroxylation is 1. The molecular formula is C20H24N4O2. The van der Waals surface area contributed by atoms with Crippen LogP contribution in [0.2, 0.25) is 0 Å². The maximum absolute atomic E-state index is 11.3. The molecule has 1 saturated heterocycles. The lowest BCUT2D eigenvalue weighted by Gasteiger charge is -2.34. The van der Waals surface area contributed by atoms with Gasteiger partial charge < -0.3 is 15.4 Å². The van der Waals surface area contributed by atoms with Crippen molar-refractivity contribution in [2.45, 2.75) is 38.2 Å². The van der Waals surface area contributed by atoms with Gasteiger partial charge in [-0.15, -0.1) is 10.2 Å². The molecule has 1 aliphatic heterocycles. The van der Waals surface area contributed by atoms with Gasteiger partial charge in [-0.3, -0.25) is 0 Å². The van der Waals surface area contributed by atoms with Crippen molar-refractivity contribution in [3.63, 3.8) is 0 Å². The zero-order valence-electron chi connectivity index (χ0n) is 15.0. The summed E-state index contributed by atoms with van der Waals surface area (Å²) in [6, 6.07) is 12.2. The molecule has 1 saturated carbocycles. The van der Waals surface area contributed by atoms with Gasteiger partial charge in [0.2, 0.25) is 0 Å². The van der Waals surface area contributed by atoms with Crippen molar-refractivity contribution in [1.29, 1.82) is 0 Å². The lowest BCUT2D eigenvalue weighted by atomic mass is 9.79. The van der Waals surface area contributed by atoms with Crippen LogP contribution in [0.15, 0.2) is 36.4 Å². The Labute approximate surface area is 153 Å². The molecule has 0 unspecified atom stereocenters. The number of nitrogens with zero attached hydrogens (tertiary/aromatic N) is 2. The Kier molecular flexibility index (Phi) is 4.49. The molecule has 4 rings (SSSR count). The summed E-state index contributed by atoms with van der Waals surface area (Å²) in [6.07, 6.45) is 3.69. The highest BCUT2D eigenvalue weighted by atomic mass is 16.6. The monoisotopic (exact) mass is 352 g/mol. The fourth-order valence-corrected chi connectivity index (χ4v) is 3.87. The van der Waals surface area contributed by atoms with Crippen molar-refractivity contribution in [3.8, 4) is 11.3 Å². The summed E-state index contributed by atoms with van der Waals surface area (Å²) in [5.41, 5.74) is 2.94. The van der Waals surface area contributed by atoms with Crippen molar-refractivity contribution in [3.05, 3.63) is 42.0 Å². The maximum atomic E-state index is 11.3. The standard InChI is InChI=1S/C20H24N4O2/c1-14-4-2-3-5-16(14)17-6-7-18(24-23-17)21-12-15-8-10-20(11-9-15)13-22-19(25)26-20/h2-7,15H,8-13H2,1H3,(H,21,24)(H,22,25). The van der Waals surface area contributed by atoms with Crippen LogP contribution in [0.3, 0.4) is 0 Å². The fraction of sp³-hybridized carbons (Fsp3) is 0.450. The molecule has 26 heavy (non-hydrogen) atoms. The number of carbonyl (C=O) groups is 1.